The van der Waals surface area contributed by atoms with Gasteiger partial charge in [0, 0.05) is 0 Å². The third-order valence-electron chi connectivity index (χ3n) is 2.21. The van der Waals surface area contributed by atoms with E-state index in [-0.39, 0.29) is 4.32 Å². The second-order valence-corrected chi connectivity index (χ2v) is 5.21. The highest BCUT2D eigenvalue weighted by molar-refractivity contribution is 8.26. The zero-order chi connectivity index (χ0) is 13.8. The SMILES string of the molecule is O=C([O-])CN1C(=O)/C(=C\C=C\c2ccco2)SC1=S. The van der Waals surface area contributed by atoms with Crippen molar-refractivity contribution in [3.63, 3.8) is 0 Å². The minimum Gasteiger partial charge on any atom is -0.548 e. The van der Waals surface area contributed by atoms with Crippen molar-refractivity contribution in [3.05, 3.63) is 41.2 Å². The summed E-state index contributed by atoms with van der Waals surface area (Å²) in [6.45, 7) is -0.524. The highest BCUT2D eigenvalue weighted by Gasteiger charge is 2.31. The van der Waals surface area contributed by atoms with Gasteiger partial charge >= 0.3 is 0 Å². The summed E-state index contributed by atoms with van der Waals surface area (Å²) in [5.41, 5.74) is 0. The summed E-state index contributed by atoms with van der Waals surface area (Å²) in [6, 6.07) is 3.52. The Morgan fingerprint density at radius 3 is 3.00 bits per heavy atom. The van der Waals surface area contributed by atoms with E-state index in [4.69, 9.17) is 16.6 Å². The molecule has 0 bridgehead atoms. The molecule has 0 aromatic carbocycles. The molecule has 19 heavy (non-hydrogen) atoms. The first-order chi connectivity index (χ1) is 9.08. The van der Waals surface area contributed by atoms with Crippen molar-refractivity contribution in [2.75, 3.05) is 6.54 Å². The van der Waals surface area contributed by atoms with E-state index >= 15 is 0 Å². The van der Waals surface area contributed by atoms with Crippen molar-refractivity contribution in [1.29, 1.82) is 0 Å². The Morgan fingerprint density at radius 1 is 1.58 bits per heavy atom. The number of rotatable bonds is 4. The maximum atomic E-state index is 11.8. The van der Waals surface area contributed by atoms with Crippen LogP contribution in [-0.4, -0.2) is 27.6 Å². The molecule has 1 saturated heterocycles. The van der Waals surface area contributed by atoms with Crippen molar-refractivity contribution < 1.29 is 19.1 Å². The van der Waals surface area contributed by atoms with Gasteiger partial charge in [0.15, 0.2) is 0 Å². The van der Waals surface area contributed by atoms with Gasteiger partial charge in [0.25, 0.3) is 5.91 Å². The molecule has 0 radical (unpaired) electrons. The maximum absolute atomic E-state index is 11.8. The van der Waals surface area contributed by atoms with E-state index in [0.29, 0.717) is 10.7 Å². The summed E-state index contributed by atoms with van der Waals surface area (Å²) in [5.74, 6) is -1.12. The minimum absolute atomic E-state index is 0.215. The lowest BCUT2D eigenvalue weighted by molar-refractivity contribution is -0.305. The molecule has 2 heterocycles. The number of carbonyl (C=O) groups is 2. The number of carboxylic acid groups (broad SMARTS) is 1. The van der Waals surface area contributed by atoms with E-state index in [1.165, 1.54) is 0 Å². The number of thioether (sulfide) groups is 1. The van der Waals surface area contributed by atoms with Crippen molar-refractivity contribution in [1.82, 2.24) is 4.90 Å². The van der Waals surface area contributed by atoms with Crippen LogP contribution in [0.25, 0.3) is 6.08 Å². The molecule has 5 nitrogen and oxygen atoms in total. The number of amides is 1. The van der Waals surface area contributed by atoms with Gasteiger partial charge in [0.2, 0.25) is 0 Å². The van der Waals surface area contributed by atoms with E-state index in [0.717, 1.165) is 16.7 Å². The van der Waals surface area contributed by atoms with Gasteiger partial charge in [-0.2, -0.15) is 0 Å². The van der Waals surface area contributed by atoms with E-state index < -0.39 is 18.4 Å². The number of hydrogen-bond donors (Lipinski definition) is 0. The number of aliphatic carboxylic acids is 1. The summed E-state index contributed by atoms with van der Waals surface area (Å²) >= 11 is 5.99. The normalized spacial score (nSPS) is 17.9. The Morgan fingerprint density at radius 2 is 2.37 bits per heavy atom. The van der Waals surface area contributed by atoms with Crippen LogP contribution in [0.4, 0.5) is 0 Å². The molecule has 0 spiro atoms. The van der Waals surface area contributed by atoms with Crippen molar-refractivity contribution in [3.8, 4) is 0 Å². The Balaban J connectivity index is 2.08. The molecule has 0 aliphatic carbocycles. The van der Waals surface area contributed by atoms with Crippen LogP contribution >= 0.6 is 24.0 Å². The van der Waals surface area contributed by atoms with Gasteiger partial charge in [-0.15, -0.1) is 0 Å². The summed E-state index contributed by atoms with van der Waals surface area (Å²) in [6.07, 6.45) is 6.44. The molecule has 7 heteroatoms. The fourth-order valence-electron chi connectivity index (χ4n) is 1.40. The van der Waals surface area contributed by atoms with Crippen LogP contribution in [0, 0.1) is 0 Å². The van der Waals surface area contributed by atoms with Crippen LogP contribution in [0.1, 0.15) is 5.76 Å². The number of allylic oxidation sites excluding steroid dienone is 2. The third-order valence-corrected chi connectivity index (χ3v) is 3.61. The first-order valence-electron chi connectivity index (χ1n) is 5.23. The Bertz CT molecular complexity index is 575. The Labute approximate surface area is 118 Å². The fraction of sp³-hybridized carbons (Fsp3) is 0.0833. The van der Waals surface area contributed by atoms with Gasteiger partial charge in [0.05, 0.1) is 23.7 Å². The molecule has 1 aromatic heterocycles. The van der Waals surface area contributed by atoms with Gasteiger partial charge in [0.1, 0.15) is 10.1 Å². The number of thiocarbonyl (C=S) groups is 1. The minimum atomic E-state index is -1.34. The second kappa shape index (κ2) is 5.85. The van der Waals surface area contributed by atoms with Gasteiger partial charge in [-0.3, -0.25) is 9.69 Å². The zero-order valence-corrected chi connectivity index (χ0v) is 11.2. The number of carboxylic acids is 1. The van der Waals surface area contributed by atoms with E-state index in [1.807, 2.05) is 0 Å². The lowest BCUT2D eigenvalue weighted by atomic mass is 10.3. The molecule has 1 fully saturated rings. The molecule has 0 saturated carbocycles. The van der Waals surface area contributed by atoms with Gasteiger partial charge in [-0.25, -0.2) is 0 Å². The van der Waals surface area contributed by atoms with E-state index in [2.05, 4.69) is 0 Å². The van der Waals surface area contributed by atoms with Crippen molar-refractivity contribution in [2.24, 2.45) is 0 Å². The number of carbonyl (C=O) groups excluding carboxylic acids is 2. The number of hydrogen-bond acceptors (Lipinski definition) is 6. The second-order valence-electron chi connectivity index (χ2n) is 3.54. The molecule has 1 aliphatic heterocycles. The van der Waals surface area contributed by atoms with E-state index in [1.54, 1.807) is 36.6 Å². The molecule has 0 unspecified atom stereocenters. The fourth-order valence-corrected chi connectivity index (χ4v) is 2.60. The molecule has 1 amide bonds. The molecule has 2 rings (SSSR count). The van der Waals surface area contributed by atoms with Crippen molar-refractivity contribution in [2.45, 2.75) is 0 Å². The third kappa shape index (κ3) is 3.33. The van der Waals surface area contributed by atoms with Gasteiger partial charge in [-0.05, 0) is 24.3 Å². The summed E-state index contributed by atoms with van der Waals surface area (Å²) < 4.78 is 5.30. The summed E-state index contributed by atoms with van der Waals surface area (Å²) in [4.78, 5) is 23.7. The molecule has 0 atom stereocenters. The monoisotopic (exact) mass is 294 g/mol. The standard InChI is InChI=1S/C12H9NO4S2/c14-10(15)7-13-11(16)9(19-12(13)18)5-1-3-8-4-2-6-17-8/h1-6H,7H2,(H,14,15)/p-1/b3-1+,9-5+. The molecule has 98 valence electrons. The predicted molar refractivity (Wildman–Crippen MR) is 72.7 cm³/mol. The highest BCUT2D eigenvalue weighted by atomic mass is 32.2. The van der Waals surface area contributed by atoms with Crippen LogP contribution in [-0.2, 0) is 9.59 Å². The Hall–Kier alpha value is -1.86. The Kier molecular flexibility index (Phi) is 4.18. The topological polar surface area (TPSA) is 73.6 Å². The summed E-state index contributed by atoms with van der Waals surface area (Å²) in [7, 11) is 0. The van der Waals surface area contributed by atoms with Gasteiger partial charge in [-0.1, -0.05) is 30.1 Å². The first-order valence-corrected chi connectivity index (χ1v) is 6.46. The predicted octanol–water partition coefficient (Wildman–Crippen LogP) is 0.787. The lowest BCUT2D eigenvalue weighted by Crippen LogP contribution is -2.40. The van der Waals surface area contributed by atoms with Crippen LogP contribution < -0.4 is 5.11 Å². The summed E-state index contributed by atoms with van der Waals surface area (Å²) in [5, 5.41) is 10.5. The van der Waals surface area contributed by atoms with Crippen LogP contribution in [0.2, 0.25) is 0 Å². The average molecular weight is 294 g/mol. The smallest absolute Gasteiger partial charge is 0.266 e. The molecular weight excluding hydrogens is 286 g/mol. The quantitative estimate of drug-likeness (QED) is 0.604. The van der Waals surface area contributed by atoms with Crippen LogP contribution in [0.3, 0.4) is 0 Å². The number of nitrogens with zero attached hydrogens (tertiary/aromatic N) is 1. The number of furan rings is 1. The molecule has 1 aliphatic rings. The molecule has 1 aromatic rings. The first kappa shape index (κ1) is 13.6. The van der Waals surface area contributed by atoms with Crippen LogP contribution in [0.5, 0.6) is 0 Å². The largest absolute Gasteiger partial charge is 0.548 e. The van der Waals surface area contributed by atoms with Crippen LogP contribution in [0.15, 0.2) is 39.9 Å². The van der Waals surface area contributed by atoms with Gasteiger partial charge < -0.3 is 14.3 Å². The molecule has 0 N–H and O–H groups in total. The van der Waals surface area contributed by atoms with E-state index in [9.17, 15) is 14.7 Å². The highest BCUT2D eigenvalue weighted by Crippen LogP contribution is 2.30. The zero-order valence-electron chi connectivity index (χ0n) is 9.57. The van der Waals surface area contributed by atoms with Crippen molar-refractivity contribution >= 4 is 46.3 Å². The molecular formula is C12H8NO4S2-. The lowest BCUT2D eigenvalue weighted by Gasteiger charge is -2.14. The maximum Gasteiger partial charge on any atom is 0.266 e. The average Bonchev–Trinajstić information content (AvgIpc) is 2.94.